The van der Waals surface area contributed by atoms with Crippen LogP contribution < -0.4 is 21.9 Å². The number of phenols is 1. The molecular formula is C36H31ClN10O18S6. The zero-order valence-electron chi connectivity index (χ0n) is 34.9. The van der Waals surface area contributed by atoms with Crippen LogP contribution >= 0.6 is 36.0 Å². The van der Waals surface area contributed by atoms with E-state index in [4.69, 9.17) is 43.5 Å². The van der Waals surface area contributed by atoms with Gasteiger partial charge in [0.25, 0.3) is 30.3 Å². The summed E-state index contributed by atoms with van der Waals surface area (Å²) in [5.74, 6) is -1.79. The molecule has 0 amide bonds. The Morgan fingerprint density at radius 1 is 0.634 bits per heavy atom. The van der Waals surface area contributed by atoms with Gasteiger partial charge in [0.15, 0.2) is 27.9 Å². The summed E-state index contributed by atoms with van der Waals surface area (Å²) in [5, 5.41) is 58.5. The minimum absolute atomic E-state index is 0.0846. The van der Waals surface area contributed by atoms with Crippen molar-refractivity contribution in [1.82, 2.24) is 0 Å². The number of benzene rings is 6. The lowest BCUT2D eigenvalue weighted by Crippen LogP contribution is -2.12. The number of nitrogen functional groups attached to an aromatic ring is 3. The number of sulfonamides is 1. The van der Waals surface area contributed by atoms with Crippen molar-refractivity contribution in [2.24, 2.45) is 30.7 Å². The third-order valence-electron chi connectivity index (χ3n) is 9.07. The fourth-order valence-electron chi connectivity index (χ4n) is 5.84. The first-order chi connectivity index (χ1) is 33.4. The zero-order chi connectivity index (χ0) is 51.9. The van der Waals surface area contributed by atoms with Gasteiger partial charge in [0.1, 0.15) is 32.5 Å². The molecule has 376 valence electrons. The van der Waals surface area contributed by atoms with E-state index in [9.17, 15) is 47.9 Å². The van der Waals surface area contributed by atoms with E-state index >= 15 is 0 Å². The number of aromatic hydroxyl groups is 1. The monoisotopic (exact) mass is 1120 g/mol. The van der Waals surface area contributed by atoms with Gasteiger partial charge in [0.05, 0.1) is 77.9 Å². The summed E-state index contributed by atoms with van der Waals surface area (Å²) < 4.78 is 138. The molecular weight excluding hydrogens is 1090 g/mol. The van der Waals surface area contributed by atoms with E-state index in [1.54, 1.807) is 0 Å². The quantitative estimate of drug-likeness (QED) is 0.00618. The molecule has 12 N–H and O–H groups in total. The number of nitrogens with two attached hydrogens (primary N) is 3. The molecule has 0 saturated heterocycles. The van der Waals surface area contributed by atoms with E-state index < -0.39 is 101 Å². The SMILES string of the molecule is Nc1cc(N)c(N=Nc2ccc(NS(=O)(=O)c3ccc(N=Nc4c(S(=O)(=O)O)cc5cc(SOOO)c(N=Nc6ccc(S(=O)(=O)CCOSOOO)cc6S(=O)(=O)O)c(N)c5c4O)cc3)cc2)cc1Cl. The molecule has 71 heavy (non-hydrogen) atoms. The Balaban J connectivity index is 1.30. The number of nitrogens with one attached hydrogen (secondary N) is 1. The molecule has 6 aromatic carbocycles. The first-order valence-electron chi connectivity index (χ1n) is 18.6. The van der Waals surface area contributed by atoms with Crippen LogP contribution in [0.5, 0.6) is 5.75 Å². The fourth-order valence-corrected chi connectivity index (χ4v) is 10.4. The summed E-state index contributed by atoms with van der Waals surface area (Å²) in [7, 11) is -19.0. The lowest BCUT2D eigenvalue weighted by atomic mass is 10.1. The second-order valence-electron chi connectivity index (χ2n) is 13.6. The van der Waals surface area contributed by atoms with Crippen molar-refractivity contribution in [3.05, 3.63) is 96.0 Å². The highest BCUT2D eigenvalue weighted by Gasteiger charge is 2.27. The Morgan fingerprint density at radius 3 is 1.86 bits per heavy atom. The van der Waals surface area contributed by atoms with Gasteiger partial charge in [-0.2, -0.15) is 27.1 Å². The molecule has 0 aromatic heterocycles. The van der Waals surface area contributed by atoms with Crippen LogP contribution in [0.2, 0.25) is 5.02 Å². The number of nitrogens with zero attached hydrogens (tertiary/aromatic N) is 6. The predicted molar refractivity (Wildman–Crippen MR) is 254 cm³/mol. The number of rotatable bonds is 21. The van der Waals surface area contributed by atoms with Crippen molar-refractivity contribution in [1.29, 1.82) is 0 Å². The van der Waals surface area contributed by atoms with Crippen LogP contribution in [0.25, 0.3) is 10.8 Å². The molecule has 6 aromatic rings. The van der Waals surface area contributed by atoms with Gasteiger partial charge in [0.2, 0.25) is 0 Å². The average molecular weight is 1120 g/mol. The fraction of sp³-hybridized carbons (Fsp3) is 0.0556. The number of hydrogen-bond acceptors (Lipinski definition) is 27. The van der Waals surface area contributed by atoms with E-state index in [1.807, 2.05) is 0 Å². The van der Waals surface area contributed by atoms with E-state index in [0.29, 0.717) is 11.8 Å². The van der Waals surface area contributed by atoms with E-state index in [-0.39, 0.29) is 73.0 Å². The number of halogens is 1. The van der Waals surface area contributed by atoms with Crippen molar-refractivity contribution in [2.75, 3.05) is 34.3 Å². The Kier molecular flexibility index (Phi) is 17.1. The molecule has 0 atom stereocenters. The molecule has 0 unspecified atom stereocenters. The minimum Gasteiger partial charge on any atom is -0.505 e. The van der Waals surface area contributed by atoms with Gasteiger partial charge in [-0.15, -0.1) is 29.1 Å². The molecule has 0 saturated carbocycles. The molecule has 0 aliphatic carbocycles. The van der Waals surface area contributed by atoms with Crippen LogP contribution in [0.1, 0.15) is 0 Å². The van der Waals surface area contributed by atoms with E-state index in [2.05, 4.69) is 54.2 Å². The first kappa shape index (κ1) is 54.1. The van der Waals surface area contributed by atoms with Gasteiger partial charge in [-0.05, 0) is 96.4 Å². The normalized spacial score (nSPS) is 12.7. The smallest absolute Gasteiger partial charge is 0.296 e. The Bertz CT molecular complexity index is 3560. The maximum absolute atomic E-state index is 13.2. The summed E-state index contributed by atoms with van der Waals surface area (Å²) in [6, 6.07) is 17.4. The second-order valence-corrected chi connectivity index (χ2v) is 21.9. The number of phenolic OH excluding ortho intramolecular Hbond substituents is 1. The number of sulfone groups is 1. The van der Waals surface area contributed by atoms with Gasteiger partial charge in [-0.1, -0.05) is 21.7 Å². The molecule has 0 aliphatic heterocycles. The van der Waals surface area contributed by atoms with Crippen LogP contribution in [0.15, 0.2) is 146 Å². The second kappa shape index (κ2) is 22.5. The first-order valence-corrected chi connectivity index (χ1v) is 26.4. The lowest BCUT2D eigenvalue weighted by molar-refractivity contribution is -0.434. The highest BCUT2D eigenvalue weighted by atomic mass is 35.5. The van der Waals surface area contributed by atoms with Crippen LogP contribution in [0.4, 0.5) is 56.9 Å². The van der Waals surface area contributed by atoms with Gasteiger partial charge >= 0.3 is 0 Å². The number of azo groups is 3. The van der Waals surface area contributed by atoms with Gasteiger partial charge in [-0.3, -0.25) is 18.0 Å². The standard InChI is InChI=1S/C36H31ClN10O18S6/c37-24-16-28(26(39)17-25(24)38)44-41-19-1-3-21(4-2-19)47-69(53,54)22-7-5-20(6-8-22)42-46-35-31(71(58,59)60)14-18-13-29(66-64-62-49)34(33(40)32(18)36(35)48)45-43-27-10-9-23(15-30(27)70(55,56)57)68(51,52)12-11-61-67-65-63-50/h1-10,13-17,47-50H,11-12,38-40H2,(H,55,56,57)(H,58,59,60). The molecule has 0 heterocycles. The van der Waals surface area contributed by atoms with Crippen LogP contribution in [0.3, 0.4) is 0 Å². The molecule has 35 heteroatoms. The zero-order valence-corrected chi connectivity index (χ0v) is 40.5. The van der Waals surface area contributed by atoms with E-state index in [1.165, 1.54) is 48.5 Å². The molecule has 0 fully saturated rings. The highest BCUT2D eigenvalue weighted by molar-refractivity contribution is 7.94. The largest absolute Gasteiger partial charge is 0.505 e. The average Bonchev–Trinajstić information content (AvgIpc) is 3.30. The predicted octanol–water partition coefficient (Wildman–Crippen LogP) is 8.69. The van der Waals surface area contributed by atoms with Crippen molar-refractivity contribution in [3.8, 4) is 5.75 Å². The molecule has 0 bridgehead atoms. The van der Waals surface area contributed by atoms with Crippen molar-refractivity contribution in [3.63, 3.8) is 0 Å². The lowest BCUT2D eigenvalue weighted by Gasteiger charge is -2.14. The van der Waals surface area contributed by atoms with Crippen LogP contribution in [-0.2, 0) is 63.0 Å². The van der Waals surface area contributed by atoms with Crippen molar-refractivity contribution >= 4 is 144 Å². The van der Waals surface area contributed by atoms with Crippen molar-refractivity contribution < 1.29 is 81.3 Å². The van der Waals surface area contributed by atoms with Crippen LogP contribution in [-0.4, -0.2) is 70.8 Å². The van der Waals surface area contributed by atoms with Gasteiger partial charge < -0.3 is 22.3 Å². The molecule has 0 spiro atoms. The Hall–Kier alpha value is -6.19. The van der Waals surface area contributed by atoms with Crippen molar-refractivity contribution in [2.45, 2.75) is 24.5 Å². The van der Waals surface area contributed by atoms with Gasteiger partial charge in [-0.25, -0.2) is 27.4 Å². The summed E-state index contributed by atoms with van der Waals surface area (Å²) in [6.07, 6.45) is 0. The summed E-state index contributed by atoms with van der Waals surface area (Å²) in [6.45, 7) is -0.545. The Labute approximate surface area is 413 Å². The summed E-state index contributed by atoms with van der Waals surface area (Å²) in [5.41, 5.74) is 16.5. The molecule has 28 nitrogen and oxygen atoms in total. The van der Waals surface area contributed by atoms with E-state index in [0.717, 1.165) is 36.4 Å². The minimum atomic E-state index is -5.24. The van der Waals surface area contributed by atoms with Crippen LogP contribution in [0, 0.1) is 0 Å². The molecule has 0 aliphatic rings. The van der Waals surface area contributed by atoms with Gasteiger partial charge in [0, 0.05) is 5.69 Å². The number of hydrogen-bond donors (Lipinski definition) is 9. The number of anilines is 4. The molecule has 0 radical (unpaired) electrons. The third kappa shape index (κ3) is 13.4. The Morgan fingerprint density at radius 2 is 1.23 bits per heavy atom. The summed E-state index contributed by atoms with van der Waals surface area (Å²) >= 11 is 6.29. The number of fused-ring (bicyclic) bond motifs is 1. The molecule has 6 rings (SSSR count). The highest BCUT2D eigenvalue weighted by Crippen LogP contribution is 2.50. The topological polar surface area (TPSA) is 448 Å². The maximum Gasteiger partial charge on any atom is 0.296 e. The summed E-state index contributed by atoms with van der Waals surface area (Å²) in [4.78, 5) is -3.24. The maximum atomic E-state index is 13.2. The third-order valence-corrected chi connectivity index (χ3v) is 15.2.